The van der Waals surface area contributed by atoms with Crippen LogP contribution in [0.2, 0.25) is 0 Å². The second-order valence-corrected chi connectivity index (χ2v) is 17.0. The van der Waals surface area contributed by atoms with Gasteiger partial charge in [0.15, 0.2) is 17.9 Å². The van der Waals surface area contributed by atoms with Crippen LogP contribution in [0.5, 0.6) is 0 Å². The SMILES string of the molecule is NCCCCC(NC(=O)C(CCCN=C(N)N)NC(=O)C(CCC(=O)O)NC(=O)C(CC(=O)O)NC(=O)C(CO)NC(=O)C(N)CCCN=C(N)N)C(=O)NC(CCCN=C(N)N)C(=O)NC(Cc1cnc[nH]1)C(=O)O. The number of aliphatic imine (C=N–C) groups is 3. The van der Waals surface area contributed by atoms with Gasteiger partial charge in [0.2, 0.25) is 41.4 Å². The van der Waals surface area contributed by atoms with Crippen LogP contribution in [0.3, 0.4) is 0 Å². The fraction of sp³-hybridized carbons (Fsp3) is 0.619. The Labute approximate surface area is 435 Å². The Hall–Kier alpha value is -8.40. The largest absolute Gasteiger partial charge is 0.481 e. The molecule has 0 radical (unpaired) electrons. The number of carbonyl (C=O) groups is 10. The first kappa shape index (κ1) is 65.6. The Morgan fingerprint density at radius 3 is 1.30 bits per heavy atom. The van der Waals surface area contributed by atoms with Crippen molar-refractivity contribution in [1.29, 1.82) is 0 Å². The molecule has 1 heterocycles. The number of aliphatic carboxylic acids is 3. The quantitative estimate of drug-likeness (QED) is 0.0165. The summed E-state index contributed by atoms with van der Waals surface area (Å²) in [7, 11) is 0. The minimum atomic E-state index is -2.01. The maximum absolute atomic E-state index is 14.2. The topological polar surface area (TPSA) is 610 Å². The van der Waals surface area contributed by atoms with Crippen LogP contribution in [0.1, 0.15) is 82.7 Å². The number of aromatic amines is 1. The molecule has 34 heteroatoms. The molecule has 7 amide bonds. The summed E-state index contributed by atoms with van der Waals surface area (Å²) >= 11 is 0. The third-order valence-electron chi connectivity index (χ3n) is 10.7. The Morgan fingerprint density at radius 1 is 0.513 bits per heavy atom. The van der Waals surface area contributed by atoms with Gasteiger partial charge >= 0.3 is 17.9 Å². The number of carboxylic acids is 3. The van der Waals surface area contributed by atoms with Crippen LogP contribution in [0.15, 0.2) is 27.5 Å². The molecule has 426 valence electrons. The van der Waals surface area contributed by atoms with Crippen molar-refractivity contribution in [3.05, 3.63) is 18.2 Å². The number of nitrogens with one attached hydrogen (secondary N) is 8. The third kappa shape index (κ3) is 27.6. The number of nitrogens with zero attached hydrogens (tertiary/aromatic N) is 4. The van der Waals surface area contributed by atoms with E-state index in [1.807, 2.05) is 0 Å². The Balaban J connectivity index is 3.53. The minimum absolute atomic E-state index is 0.00363. The minimum Gasteiger partial charge on any atom is -0.481 e. The molecule has 1 aromatic rings. The first-order chi connectivity index (χ1) is 35.9. The summed E-state index contributed by atoms with van der Waals surface area (Å²) in [6.45, 7) is -0.846. The van der Waals surface area contributed by atoms with Gasteiger partial charge in [-0.15, -0.1) is 0 Å². The van der Waals surface area contributed by atoms with E-state index in [2.05, 4.69) is 62.2 Å². The maximum atomic E-state index is 14.2. The molecule has 0 aliphatic rings. The lowest BCUT2D eigenvalue weighted by molar-refractivity contribution is -0.142. The average molecular weight is 1080 g/mol. The summed E-state index contributed by atoms with van der Waals surface area (Å²) < 4.78 is 0. The highest BCUT2D eigenvalue weighted by atomic mass is 16.4. The summed E-state index contributed by atoms with van der Waals surface area (Å²) in [5, 5.41) is 55.3. The van der Waals surface area contributed by atoms with Gasteiger partial charge < -0.3 is 108 Å². The Bertz CT molecular complexity index is 2170. The van der Waals surface area contributed by atoms with Crippen molar-refractivity contribution in [2.45, 2.75) is 132 Å². The van der Waals surface area contributed by atoms with Gasteiger partial charge in [0, 0.05) is 44.4 Å². The number of hydrogen-bond acceptors (Lipinski definition) is 17. The molecule has 76 heavy (non-hydrogen) atoms. The lowest BCUT2D eigenvalue weighted by Gasteiger charge is -2.27. The van der Waals surface area contributed by atoms with E-state index >= 15 is 0 Å². The molecular weight excluding hydrogens is 1010 g/mol. The molecule has 0 bridgehead atoms. The number of aliphatic hydroxyl groups excluding tert-OH is 1. The highest BCUT2D eigenvalue weighted by molar-refractivity contribution is 5.98. The number of amides is 7. The second kappa shape index (κ2) is 35.7. The molecule has 1 rings (SSSR count). The molecule has 8 atom stereocenters. The zero-order valence-corrected chi connectivity index (χ0v) is 41.8. The van der Waals surface area contributed by atoms with Crippen molar-refractivity contribution in [2.24, 2.45) is 60.8 Å². The van der Waals surface area contributed by atoms with E-state index in [1.165, 1.54) is 12.5 Å². The highest BCUT2D eigenvalue weighted by Gasteiger charge is 2.35. The molecule has 0 saturated carbocycles. The van der Waals surface area contributed by atoms with Crippen LogP contribution >= 0.6 is 0 Å². The van der Waals surface area contributed by atoms with Gasteiger partial charge in [0.25, 0.3) is 0 Å². The number of hydrogen-bond donors (Lipinski definition) is 20. The van der Waals surface area contributed by atoms with Crippen molar-refractivity contribution in [1.82, 2.24) is 47.2 Å². The summed E-state index contributed by atoms with van der Waals surface area (Å²) in [6.07, 6.45) is 0.368. The van der Waals surface area contributed by atoms with Crippen LogP contribution in [-0.4, -0.2) is 189 Å². The predicted octanol–water partition coefficient (Wildman–Crippen LogP) is -8.62. The van der Waals surface area contributed by atoms with Gasteiger partial charge in [0.1, 0.15) is 42.3 Å². The molecule has 1 aromatic heterocycles. The second-order valence-electron chi connectivity index (χ2n) is 17.0. The van der Waals surface area contributed by atoms with Crippen molar-refractivity contribution in [3.8, 4) is 0 Å². The number of guanidine groups is 3. The van der Waals surface area contributed by atoms with Crippen molar-refractivity contribution < 1.29 is 68.4 Å². The average Bonchev–Trinajstić information content (AvgIpc) is 3.86. The number of rotatable bonds is 39. The van der Waals surface area contributed by atoms with E-state index in [-0.39, 0.29) is 102 Å². The molecule has 0 spiro atoms. The van der Waals surface area contributed by atoms with Gasteiger partial charge in [-0.1, -0.05) is 0 Å². The first-order valence-corrected chi connectivity index (χ1v) is 23.9. The number of H-pyrrole nitrogens is 1. The number of unbranched alkanes of at least 4 members (excludes halogenated alkanes) is 1. The van der Waals surface area contributed by atoms with Crippen LogP contribution in [-0.2, 0) is 54.4 Å². The summed E-state index contributed by atoms with van der Waals surface area (Å²) in [5.74, 6) is -12.9. The summed E-state index contributed by atoms with van der Waals surface area (Å²) in [4.78, 5) is 150. The molecule has 0 aromatic carbocycles. The zero-order valence-electron chi connectivity index (χ0n) is 41.8. The highest BCUT2D eigenvalue weighted by Crippen LogP contribution is 2.10. The smallest absolute Gasteiger partial charge is 0.326 e. The van der Waals surface area contributed by atoms with Gasteiger partial charge in [-0.2, -0.15) is 0 Å². The number of carbonyl (C=O) groups excluding carboxylic acids is 7. The van der Waals surface area contributed by atoms with Gasteiger partial charge in [-0.25, -0.2) is 9.78 Å². The molecule has 0 aliphatic heterocycles. The molecule has 8 unspecified atom stereocenters. The van der Waals surface area contributed by atoms with Gasteiger partial charge in [0.05, 0.1) is 25.4 Å². The van der Waals surface area contributed by atoms with Crippen LogP contribution < -0.4 is 83.1 Å². The number of carboxylic acid groups (broad SMARTS) is 3. The van der Waals surface area contributed by atoms with Crippen molar-refractivity contribution in [3.63, 3.8) is 0 Å². The van der Waals surface area contributed by atoms with Crippen LogP contribution in [0, 0.1) is 0 Å². The van der Waals surface area contributed by atoms with E-state index in [4.69, 9.17) is 45.9 Å². The fourth-order valence-corrected chi connectivity index (χ4v) is 6.80. The lowest BCUT2D eigenvalue weighted by atomic mass is 10.0. The Kier molecular flexibility index (Phi) is 30.8. The van der Waals surface area contributed by atoms with E-state index in [0.717, 1.165) is 0 Å². The van der Waals surface area contributed by atoms with E-state index in [1.54, 1.807) is 0 Å². The van der Waals surface area contributed by atoms with Crippen molar-refractivity contribution >= 4 is 77.1 Å². The van der Waals surface area contributed by atoms with Crippen LogP contribution in [0.4, 0.5) is 0 Å². The molecule has 0 fully saturated rings. The number of imidazole rings is 1. The standard InChI is InChI=1S/C42H74N20O14/c43-12-2-1-7-23(33(69)57-25(9-5-15-54-42(49)50)35(71)61-28(39(75)76)16-21-18-51-20-55-21)56-34(70)24(8-4-14-53-41(47)48)58-36(72)26(10-11-30(64)65)59-37(73)27(17-31(66)67)60-38(74)29(19-63)62-32(68)22(44)6-3-13-52-40(45)46/h18,20,22-29,63H,1-17,19,43-44H2,(H,51,55)(H,56,70)(H,57,69)(H,58,72)(H,59,73)(H,60,74)(H,61,71)(H,62,68)(H,64,65)(H,66,67)(H,75,76)(H4,45,46,52)(H4,47,48,53)(H4,49,50,54). The molecule has 34 nitrogen and oxygen atoms in total. The molecular formula is C42H74N20O14. The normalized spacial score (nSPS) is 13.9. The summed E-state index contributed by atoms with van der Waals surface area (Å²) in [5.41, 5.74) is 44.3. The van der Waals surface area contributed by atoms with E-state index < -0.39 is 133 Å². The number of aromatic nitrogens is 2. The lowest BCUT2D eigenvalue weighted by Crippen LogP contribution is -2.60. The maximum Gasteiger partial charge on any atom is 0.326 e. The number of nitrogens with two attached hydrogens (primary N) is 8. The third-order valence-corrected chi connectivity index (χ3v) is 10.7. The molecule has 0 aliphatic carbocycles. The van der Waals surface area contributed by atoms with Crippen LogP contribution in [0.25, 0.3) is 0 Å². The van der Waals surface area contributed by atoms with E-state index in [0.29, 0.717) is 12.1 Å². The fourth-order valence-electron chi connectivity index (χ4n) is 6.80. The number of aliphatic hydroxyl groups is 1. The molecule has 0 saturated heterocycles. The first-order valence-electron chi connectivity index (χ1n) is 23.9. The Morgan fingerprint density at radius 2 is 0.908 bits per heavy atom. The van der Waals surface area contributed by atoms with Gasteiger partial charge in [-0.05, 0) is 70.8 Å². The zero-order chi connectivity index (χ0) is 57.3. The molecule has 28 N–H and O–H groups in total. The van der Waals surface area contributed by atoms with Gasteiger partial charge in [-0.3, -0.25) is 58.1 Å². The summed E-state index contributed by atoms with van der Waals surface area (Å²) in [6, 6.07) is -12.8. The van der Waals surface area contributed by atoms with Crippen molar-refractivity contribution in [2.75, 3.05) is 32.8 Å². The van der Waals surface area contributed by atoms with E-state index in [9.17, 15) is 68.4 Å². The monoisotopic (exact) mass is 1080 g/mol. The predicted molar refractivity (Wildman–Crippen MR) is 270 cm³/mol.